The molecule has 1 aliphatic carbocycles. The minimum absolute atomic E-state index is 0.195. The number of aryl methyl sites for hydroxylation is 1. The highest BCUT2D eigenvalue weighted by atomic mass is 15.0. The molecule has 22 heavy (non-hydrogen) atoms. The first-order chi connectivity index (χ1) is 10.5. The van der Waals surface area contributed by atoms with Gasteiger partial charge in [0.05, 0.1) is 5.69 Å². The second kappa shape index (κ2) is 4.49. The Morgan fingerprint density at radius 2 is 1.82 bits per heavy atom. The topological polar surface area (TPSA) is 4.93 Å². The van der Waals surface area contributed by atoms with Gasteiger partial charge in [-0.2, -0.15) is 0 Å². The Labute approximate surface area is 132 Å². The zero-order valence-electron chi connectivity index (χ0n) is 13.9. The number of hydrogen-bond donors (Lipinski definition) is 0. The summed E-state index contributed by atoms with van der Waals surface area (Å²) in [4.78, 5) is 0. The van der Waals surface area contributed by atoms with Crippen LogP contribution in [0.4, 0.5) is 0 Å². The molecule has 0 bridgehead atoms. The summed E-state index contributed by atoms with van der Waals surface area (Å²) in [6.07, 6.45) is 1.07. The van der Waals surface area contributed by atoms with Crippen LogP contribution in [0, 0.1) is 0 Å². The molecule has 0 saturated carbocycles. The van der Waals surface area contributed by atoms with Crippen LogP contribution in [0.15, 0.2) is 42.5 Å². The molecule has 1 nitrogen and oxygen atoms in total. The lowest BCUT2D eigenvalue weighted by molar-refractivity contribution is 0.591. The maximum absolute atomic E-state index is 2.49. The Morgan fingerprint density at radius 3 is 2.55 bits per heavy atom. The fourth-order valence-corrected chi connectivity index (χ4v) is 3.80. The first-order valence-electron chi connectivity index (χ1n) is 8.24. The van der Waals surface area contributed by atoms with E-state index in [0.717, 1.165) is 13.0 Å². The van der Waals surface area contributed by atoms with Crippen molar-refractivity contribution in [3.8, 4) is 11.3 Å². The van der Waals surface area contributed by atoms with Crippen LogP contribution in [0.3, 0.4) is 0 Å². The number of nitrogens with zero attached hydrogens (tertiary/aromatic N) is 1. The van der Waals surface area contributed by atoms with Crippen molar-refractivity contribution in [2.45, 2.75) is 46.1 Å². The summed E-state index contributed by atoms with van der Waals surface area (Å²) in [5, 5.41) is 1.44. The summed E-state index contributed by atoms with van der Waals surface area (Å²) in [6, 6.07) is 15.9. The molecular weight excluding hydrogens is 266 g/mol. The largest absolute Gasteiger partial charge is 0.341 e. The molecule has 4 rings (SSSR count). The van der Waals surface area contributed by atoms with Gasteiger partial charge in [-0.05, 0) is 41.2 Å². The lowest BCUT2D eigenvalue weighted by Crippen LogP contribution is -2.10. The van der Waals surface area contributed by atoms with E-state index in [2.05, 4.69) is 74.7 Å². The van der Waals surface area contributed by atoms with Gasteiger partial charge < -0.3 is 4.57 Å². The third-order valence-corrected chi connectivity index (χ3v) is 4.99. The minimum atomic E-state index is 0.195. The molecule has 0 saturated heterocycles. The fourth-order valence-electron chi connectivity index (χ4n) is 3.80. The minimum Gasteiger partial charge on any atom is -0.341 e. The molecular formula is C21H23N. The standard InChI is InChI=1S/C21H23N/c1-5-22-19-11-10-15(21(2,3)4)13-17(19)18-12-14-8-6-7-9-16(14)20(18)22/h6-11,13H,5,12H2,1-4H3. The number of aromatic nitrogens is 1. The van der Waals surface area contributed by atoms with Gasteiger partial charge in [0.25, 0.3) is 0 Å². The Bertz CT molecular complexity index is 875. The van der Waals surface area contributed by atoms with E-state index < -0.39 is 0 Å². The lowest BCUT2D eigenvalue weighted by Gasteiger charge is -2.19. The molecule has 112 valence electrons. The SMILES string of the molecule is CCn1c2c(c3cc(C(C)(C)C)ccc31)Cc1ccccc1-2. The number of fused-ring (bicyclic) bond motifs is 5. The Kier molecular flexibility index (Phi) is 2.78. The van der Waals surface area contributed by atoms with E-state index in [4.69, 9.17) is 0 Å². The smallest absolute Gasteiger partial charge is 0.0530 e. The summed E-state index contributed by atoms with van der Waals surface area (Å²) in [7, 11) is 0. The third kappa shape index (κ3) is 1.78. The second-order valence-electron chi connectivity index (χ2n) is 7.39. The van der Waals surface area contributed by atoms with Gasteiger partial charge in [-0.15, -0.1) is 0 Å². The number of hydrogen-bond acceptors (Lipinski definition) is 0. The van der Waals surface area contributed by atoms with E-state index in [1.807, 2.05) is 0 Å². The Balaban J connectivity index is 2.05. The Morgan fingerprint density at radius 1 is 1.05 bits per heavy atom. The maximum Gasteiger partial charge on any atom is 0.0530 e. The predicted molar refractivity (Wildman–Crippen MR) is 94.6 cm³/mol. The van der Waals surface area contributed by atoms with Gasteiger partial charge in [-0.3, -0.25) is 0 Å². The second-order valence-corrected chi connectivity index (χ2v) is 7.39. The van der Waals surface area contributed by atoms with Crippen molar-refractivity contribution in [1.82, 2.24) is 4.57 Å². The number of benzene rings is 2. The Hall–Kier alpha value is -2.02. The van der Waals surface area contributed by atoms with Gasteiger partial charge in [-0.1, -0.05) is 51.1 Å². The van der Waals surface area contributed by atoms with Gasteiger partial charge in [0.2, 0.25) is 0 Å². The first kappa shape index (κ1) is 13.6. The monoisotopic (exact) mass is 289 g/mol. The highest BCUT2D eigenvalue weighted by Gasteiger charge is 2.26. The lowest BCUT2D eigenvalue weighted by atomic mass is 9.86. The van der Waals surface area contributed by atoms with E-state index in [1.54, 1.807) is 0 Å². The quantitative estimate of drug-likeness (QED) is 0.434. The van der Waals surface area contributed by atoms with Gasteiger partial charge in [-0.25, -0.2) is 0 Å². The van der Waals surface area contributed by atoms with Crippen molar-refractivity contribution in [3.63, 3.8) is 0 Å². The molecule has 1 aromatic heterocycles. The molecule has 0 atom stereocenters. The van der Waals surface area contributed by atoms with Crippen LogP contribution < -0.4 is 0 Å². The summed E-state index contributed by atoms with van der Waals surface area (Å²) in [5.41, 5.74) is 8.86. The van der Waals surface area contributed by atoms with Crippen molar-refractivity contribution in [1.29, 1.82) is 0 Å². The molecule has 1 heteroatoms. The van der Waals surface area contributed by atoms with Gasteiger partial charge in [0.1, 0.15) is 0 Å². The van der Waals surface area contributed by atoms with Gasteiger partial charge in [0.15, 0.2) is 0 Å². The average Bonchev–Trinajstić information content (AvgIpc) is 3.00. The summed E-state index contributed by atoms with van der Waals surface area (Å²) >= 11 is 0. The van der Waals surface area contributed by atoms with Crippen molar-refractivity contribution in [2.75, 3.05) is 0 Å². The average molecular weight is 289 g/mol. The molecule has 0 N–H and O–H groups in total. The van der Waals surface area contributed by atoms with E-state index in [9.17, 15) is 0 Å². The van der Waals surface area contributed by atoms with Gasteiger partial charge >= 0.3 is 0 Å². The first-order valence-corrected chi connectivity index (χ1v) is 8.24. The van der Waals surface area contributed by atoms with E-state index in [1.165, 1.54) is 38.9 Å². The molecule has 0 radical (unpaired) electrons. The molecule has 0 spiro atoms. The molecule has 0 amide bonds. The summed E-state index contributed by atoms with van der Waals surface area (Å²) in [5.74, 6) is 0. The third-order valence-electron chi connectivity index (χ3n) is 4.99. The molecule has 2 aromatic carbocycles. The van der Waals surface area contributed by atoms with Crippen LogP contribution in [0.2, 0.25) is 0 Å². The van der Waals surface area contributed by atoms with Crippen LogP contribution in [0.5, 0.6) is 0 Å². The fraction of sp³-hybridized carbons (Fsp3) is 0.333. The van der Waals surface area contributed by atoms with Crippen molar-refractivity contribution < 1.29 is 0 Å². The zero-order valence-corrected chi connectivity index (χ0v) is 13.9. The molecule has 0 aliphatic heterocycles. The van der Waals surface area contributed by atoms with Crippen LogP contribution in [0.1, 0.15) is 44.4 Å². The molecule has 0 fully saturated rings. The highest BCUT2D eigenvalue weighted by Crippen LogP contribution is 2.43. The van der Waals surface area contributed by atoms with Crippen LogP contribution in [-0.4, -0.2) is 4.57 Å². The maximum atomic E-state index is 2.49. The predicted octanol–water partition coefficient (Wildman–Crippen LogP) is 5.53. The zero-order chi connectivity index (χ0) is 15.5. The summed E-state index contributed by atoms with van der Waals surface area (Å²) in [6.45, 7) is 10.1. The van der Waals surface area contributed by atoms with Crippen molar-refractivity contribution in [3.05, 3.63) is 59.2 Å². The van der Waals surface area contributed by atoms with E-state index in [-0.39, 0.29) is 5.41 Å². The van der Waals surface area contributed by atoms with Crippen LogP contribution in [-0.2, 0) is 18.4 Å². The summed E-state index contributed by atoms with van der Waals surface area (Å²) < 4.78 is 2.49. The molecule has 3 aromatic rings. The molecule has 1 aliphatic rings. The molecule has 0 unspecified atom stereocenters. The van der Waals surface area contributed by atoms with Gasteiger partial charge in [0, 0.05) is 29.4 Å². The normalized spacial score (nSPS) is 13.5. The van der Waals surface area contributed by atoms with E-state index >= 15 is 0 Å². The van der Waals surface area contributed by atoms with E-state index in [0.29, 0.717) is 0 Å². The van der Waals surface area contributed by atoms with Crippen molar-refractivity contribution >= 4 is 10.9 Å². The highest BCUT2D eigenvalue weighted by molar-refractivity contribution is 5.95. The molecule has 1 heterocycles. The van der Waals surface area contributed by atoms with Crippen LogP contribution in [0.25, 0.3) is 22.2 Å². The number of rotatable bonds is 1. The van der Waals surface area contributed by atoms with Crippen LogP contribution >= 0.6 is 0 Å². The van der Waals surface area contributed by atoms with Crippen molar-refractivity contribution in [2.24, 2.45) is 0 Å².